The molecule has 0 heteroatoms. The van der Waals surface area contributed by atoms with Crippen LogP contribution in [0.3, 0.4) is 0 Å². The highest BCUT2D eigenvalue weighted by molar-refractivity contribution is 5.65. The maximum absolute atomic E-state index is 2.38. The van der Waals surface area contributed by atoms with Crippen LogP contribution in [0.1, 0.15) is 45.9 Å². The molecule has 188 valence electrons. The Labute approximate surface area is 232 Å². The van der Waals surface area contributed by atoms with E-state index >= 15 is 0 Å². The minimum atomic E-state index is -0.523. The SMILES string of the molecule is CC(c1ccccc1)(c1ccccc1)c1ccccc1C(c1ccccc1)(c1ccccc1)c1ccccc1. The fourth-order valence-corrected chi connectivity index (χ4v) is 6.30. The Bertz CT molecular complexity index is 1480. The van der Waals surface area contributed by atoms with E-state index < -0.39 is 5.41 Å². The first kappa shape index (κ1) is 24.6. The summed E-state index contributed by atoms with van der Waals surface area (Å²) >= 11 is 0. The third-order valence-corrected chi connectivity index (χ3v) is 8.19. The molecule has 0 atom stereocenters. The van der Waals surface area contributed by atoms with Crippen LogP contribution >= 0.6 is 0 Å². The predicted octanol–water partition coefficient (Wildman–Crippen LogP) is 9.42. The molecule has 0 aliphatic carbocycles. The molecule has 6 aromatic carbocycles. The van der Waals surface area contributed by atoms with Crippen LogP contribution in [0.15, 0.2) is 176 Å². The predicted molar refractivity (Wildman–Crippen MR) is 163 cm³/mol. The molecule has 0 fully saturated rings. The number of rotatable bonds is 7. The Hall–Kier alpha value is -4.68. The van der Waals surface area contributed by atoms with Gasteiger partial charge < -0.3 is 0 Å². The van der Waals surface area contributed by atoms with Gasteiger partial charge in [0.15, 0.2) is 0 Å². The monoisotopic (exact) mass is 500 g/mol. The first-order chi connectivity index (χ1) is 19.3. The second-order valence-corrected chi connectivity index (χ2v) is 10.3. The van der Waals surface area contributed by atoms with E-state index in [2.05, 4.69) is 183 Å². The fourth-order valence-electron chi connectivity index (χ4n) is 6.30. The van der Waals surface area contributed by atoms with Crippen LogP contribution in [-0.4, -0.2) is 0 Å². The van der Waals surface area contributed by atoms with Crippen LogP contribution < -0.4 is 0 Å². The zero-order chi connectivity index (χ0) is 26.5. The van der Waals surface area contributed by atoms with Crippen LogP contribution in [0.2, 0.25) is 0 Å². The molecule has 0 aliphatic heterocycles. The number of benzene rings is 6. The van der Waals surface area contributed by atoms with Crippen molar-refractivity contribution in [3.63, 3.8) is 0 Å². The molecule has 39 heavy (non-hydrogen) atoms. The molecule has 0 heterocycles. The van der Waals surface area contributed by atoms with Crippen molar-refractivity contribution in [2.45, 2.75) is 17.8 Å². The molecule has 0 saturated carbocycles. The summed E-state index contributed by atoms with van der Waals surface area (Å²) in [5.41, 5.74) is 7.95. The lowest BCUT2D eigenvalue weighted by Crippen LogP contribution is -2.36. The van der Waals surface area contributed by atoms with Crippen LogP contribution in [0.4, 0.5) is 0 Å². The van der Waals surface area contributed by atoms with Crippen LogP contribution in [-0.2, 0) is 10.8 Å². The highest BCUT2D eigenvalue weighted by Gasteiger charge is 2.43. The molecule has 0 saturated heterocycles. The van der Waals surface area contributed by atoms with Crippen LogP contribution in [0.5, 0.6) is 0 Å². The van der Waals surface area contributed by atoms with Crippen molar-refractivity contribution in [1.82, 2.24) is 0 Å². The minimum absolute atomic E-state index is 0.386. The molecule has 0 spiro atoms. The van der Waals surface area contributed by atoms with Gasteiger partial charge in [-0.25, -0.2) is 0 Å². The standard InChI is InChI=1S/C39H32/c1-38(31-19-7-2-8-20-31,32-21-9-3-10-22-32)36-29-17-18-30-37(36)39(33-23-11-4-12-24-33,34-25-13-5-14-26-34)35-27-15-6-16-28-35/h2-30H,1H3. The Morgan fingerprint density at radius 2 is 0.538 bits per heavy atom. The van der Waals surface area contributed by atoms with Crippen molar-refractivity contribution in [2.75, 3.05) is 0 Å². The van der Waals surface area contributed by atoms with Gasteiger partial charge in [0.2, 0.25) is 0 Å². The molecule has 6 rings (SSSR count). The smallest absolute Gasteiger partial charge is 0.0622 e. The Morgan fingerprint density at radius 1 is 0.282 bits per heavy atom. The van der Waals surface area contributed by atoms with Crippen molar-refractivity contribution >= 4 is 0 Å². The normalized spacial score (nSPS) is 11.7. The molecular formula is C39H32. The van der Waals surface area contributed by atoms with Gasteiger partial charge in [-0.15, -0.1) is 0 Å². The lowest BCUT2D eigenvalue weighted by molar-refractivity contribution is 0.648. The fraction of sp³-hybridized carbons (Fsp3) is 0.0769. The van der Waals surface area contributed by atoms with Crippen molar-refractivity contribution in [2.24, 2.45) is 0 Å². The van der Waals surface area contributed by atoms with E-state index in [1.807, 2.05) is 0 Å². The molecule has 0 aliphatic rings. The third kappa shape index (κ3) is 4.19. The Morgan fingerprint density at radius 3 is 0.872 bits per heavy atom. The summed E-state index contributed by atoms with van der Waals surface area (Å²) in [7, 11) is 0. The highest BCUT2D eigenvalue weighted by atomic mass is 14.4. The van der Waals surface area contributed by atoms with Gasteiger partial charge >= 0.3 is 0 Å². The van der Waals surface area contributed by atoms with E-state index in [4.69, 9.17) is 0 Å². The van der Waals surface area contributed by atoms with Gasteiger partial charge in [0.1, 0.15) is 0 Å². The van der Waals surface area contributed by atoms with Gasteiger partial charge in [-0.1, -0.05) is 176 Å². The topological polar surface area (TPSA) is 0 Å². The quantitative estimate of drug-likeness (QED) is 0.192. The zero-order valence-corrected chi connectivity index (χ0v) is 22.2. The van der Waals surface area contributed by atoms with Crippen molar-refractivity contribution in [3.05, 3.63) is 215 Å². The zero-order valence-electron chi connectivity index (χ0n) is 22.2. The molecule has 6 aromatic rings. The molecule has 0 unspecified atom stereocenters. The summed E-state index contributed by atoms with van der Waals surface area (Å²) in [5, 5.41) is 0. The molecule has 0 radical (unpaired) electrons. The van der Waals surface area contributed by atoms with Gasteiger partial charge in [-0.2, -0.15) is 0 Å². The van der Waals surface area contributed by atoms with Crippen molar-refractivity contribution in [3.8, 4) is 0 Å². The third-order valence-electron chi connectivity index (χ3n) is 8.19. The number of hydrogen-bond donors (Lipinski definition) is 0. The Kier molecular flexibility index (Phi) is 6.69. The van der Waals surface area contributed by atoms with E-state index in [9.17, 15) is 0 Å². The first-order valence-electron chi connectivity index (χ1n) is 13.6. The molecular weight excluding hydrogens is 468 g/mol. The van der Waals surface area contributed by atoms with Crippen LogP contribution in [0.25, 0.3) is 0 Å². The van der Waals surface area contributed by atoms with Crippen molar-refractivity contribution in [1.29, 1.82) is 0 Å². The van der Waals surface area contributed by atoms with E-state index in [1.165, 1.54) is 38.9 Å². The molecule has 0 nitrogen and oxygen atoms in total. The lowest BCUT2D eigenvalue weighted by Gasteiger charge is -2.42. The van der Waals surface area contributed by atoms with Gasteiger partial charge in [0.25, 0.3) is 0 Å². The number of hydrogen-bond acceptors (Lipinski definition) is 0. The van der Waals surface area contributed by atoms with E-state index in [0.717, 1.165) is 0 Å². The second-order valence-electron chi connectivity index (χ2n) is 10.3. The van der Waals surface area contributed by atoms with Gasteiger partial charge in [-0.3, -0.25) is 0 Å². The molecule has 0 bridgehead atoms. The van der Waals surface area contributed by atoms with E-state index in [1.54, 1.807) is 0 Å². The average molecular weight is 501 g/mol. The van der Waals surface area contributed by atoms with Gasteiger partial charge in [0, 0.05) is 5.41 Å². The van der Waals surface area contributed by atoms with E-state index in [-0.39, 0.29) is 5.41 Å². The van der Waals surface area contributed by atoms with Gasteiger partial charge in [0.05, 0.1) is 5.41 Å². The van der Waals surface area contributed by atoms with Crippen LogP contribution in [0, 0.1) is 0 Å². The first-order valence-corrected chi connectivity index (χ1v) is 13.6. The van der Waals surface area contributed by atoms with Crippen molar-refractivity contribution < 1.29 is 0 Å². The second kappa shape index (κ2) is 10.6. The molecule has 0 amide bonds. The summed E-state index contributed by atoms with van der Waals surface area (Å²) in [4.78, 5) is 0. The highest BCUT2D eigenvalue weighted by Crippen LogP contribution is 2.50. The average Bonchev–Trinajstić information content (AvgIpc) is 3.04. The summed E-state index contributed by atoms with van der Waals surface area (Å²) in [6, 6.07) is 63.8. The summed E-state index contributed by atoms with van der Waals surface area (Å²) in [6.45, 7) is 2.38. The molecule has 0 N–H and O–H groups in total. The van der Waals surface area contributed by atoms with E-state index in [0.29, 0.717) is 0 Å². The minimum Gasteiger partial charge on any atom is -0.0622 e. The summed E-state index contributed by atoms with van der Waals surface area (Å²) in [5.74, 6) is 0. The van der Waals surface area contributed by atoms with Gasteiger partial charge in [-0.05, 0) is 45.9 Å². The molecule has 0 aromatic heterocycles. The Balaban J connectivity index is 1.78. The summed E-state index contributed by atoms with van der Waals surface area (Å²) in [6.07, 6.45) is 0. The maximum atomic E-state index is 2.38. The largest absolute Gasteiger partial charge is 0.0704 e. The maximum Gasteiger partial charge on any atom is 0.0704 e. The summed E-state index contributed by atoms with van der Waals surface area (Å²) < 4.78 is 0. The lowest BCUT2D eigenvalue weighted by atomic mass is 9.59.